The molecule has 0 saturated heterocycles. The third-order valence-electron chi connectivity index (χ3n) is 7.37. The Morgan fingerprint density at radius 1 is 0.814 bits per heavy atom. The Hall–Kier alpha value is -4.00. The van der Waals surface area contributed by atoms with Gasteiger partial charge in [0.1, 0.15) is 11.6 Å². The van der Waals surface area contributed by atoms with Crippen molar-refractivity contribution in [2.75, 3.05) is 0 Å². The van der Waals surface area contributed by atoms with E-state index in [-0.39, 0.29) is 5.75 Å². The number of aromatic nitrogens is 2. The van der Waals surface area contributed by atoms with Crippen LogP contribution >= 0.6 is 11.6 Å². The molecular weight excluding hydrogens is 564 g/mol. The molecule has 0 spiro atoms. The van der Waals surface area contributed by atoms with Gasteiger partial charge in [-0.15, -0.1) is 0 Å². The summed E-state index contributed by atoms with van der Waals surface area (Å²) in [5, 5.41) is 0.680. The third kappa shape index (κ3) is 8.09. The van der Waals surface area contributed by atoms with Crippen LogP contribution in [0.15, 0.2) is 103 Å². The van der Waals surface area contributed by atoms with Crippen LogP contribution in [0.2, 0.25) is 5.02 Å². The van der Waals surface area contributed by atoms with Crippen molar-refractivity contribution in [2.24, 2.45) is 0 Å². The normalized spacial score (nSPS) is 11.4. The molecule has 0 atom stereocenters. The van der Waals surface area contributed by atoms with Crippen LogP contribution in [-0.4, -0.2) is 21.1 Å². The van der Waals surface area contributed by atoms with Crippen molar-refractivity contribution in [2.45, 2.75) is 59.5 Å². The lowest BCUT2D eigenvalue weighted by atomic mass is 10.1. The Morgan fingerprint density at radius 2 is 1.53 bits per heavy atom. The number of rotatable bonds is 13. The summed E-state index contributed by atoms with van der Waals surface area (Å²) >= 11 is 6.27. The van der Waals surface area contributed by atoms with E-state index in [0.29, 0.717) is 24.7 Å². The molecule has 0 unspecified atom stereocenters. The summed E-state index contributed by atoms with van der Waals surface area (Å²) in [4.78, 5) is 7.64. The van der Waals surface area contributed by atoms with Gasteiger partial charge in [-0.3, -0.25) is 4.90 Å². The van der Waals surface area contributed by atoms with Gasteiger partial charge >= 0.3 is 6.61 Å². The van der Waals surface area contributed by atoms with Gasteiger partial charge in [0, 0.05) is 42.3 Å². The molecule has 0 fully saturated rings. The highest BCUT2D eigenvalue weighted by Crippen LogP contribution is 2.32. The second-order valence-corrected chi connectivity index (χ2v) is 11.2. The number of ether oxygens (including phenoxy) is 1. The van der Waals surface area contributed by atoms with Crippen molar-refractivity contribution in [3.63, 3.8) is 0 Å². The standard InChI is InChI=1S/C36H36ClF2N3O/c1-3-4-21-42-33(34(29-15-17-31(37)18-16-29)40-35(42)30-11-6-5-7-12-30)25-41(24-28-10-8-9-26(2)22-28)23-27-13-19-32(20-14-27)43-36(38)39/h5-20,22,36H,3-4,21,23-25H2,1-2H3. The number of halogens is 3. The second-order valence-electron chi connectivity index (χ2n) is 10.8. The average Bonchev–Trinajstić information content (AvgIpc) is 3.35. The van der Waals surface area contributed by atoms with Crippen LogP contribution in [0, 0.1) is 6.92 Å². The van der Waals surface area contributed by atoms with E-state index in [1.807, 2.05) is 54.6 Å². The Balaban J connectivity index is 1.58. The van der Waals surface area contributed by atoms with E-state index >= 15 is 0 Å². The average molecular weight is 600 g/mol. The number of unbranched alkanes of at least 4 members (excludes halogenated alkanes) is 1. The molecule has 0 aliphatic carbocycles. The first kappa shape index (κ1) is 30.5. The van der Waals surface area contributed by atoms with Gasteiger partial charge in [0.25, 0.3) is 0 Å². The number of nitrogens with zero attached hydrogens (tertiary/aromatic N) is 3. The molecular formula is C36H36ClF2N3O. The molecule has 0 saturated carbocycles. The minimum absolute atomic E-state index is 0.152. The lowest BCUT2D eigenvalue weighted by Crippen LogP contribution is -2.24. The summed E-state index contributed by atoms with van der Waals surface area (Å²) in [6.45, 7) is 4.24. The van der Waals surface area contributed by atoms with Crippen molar-refractivity contribution in [3.8, 4) is 28.4 Å². The highest BCUT2D eigenvalue weighted by molar-refractivity contribution is 6.30. The predicted molar refractivity (Wildman–Crippen MR) is 170 cm³/mol. The van der Waals surface area contributed by atoms with E-state index in [2.05, 4.69) is 64.4 Å². The Bertz CT molecular complexity index is 1600. The van der Waals surface area contributed by atoms with Crippen molar-refractivity contribution in [1.29, 1.82) is 0 Å². The number of benzene rings is 4. The molecule has 7 heteroatoms. The first-order chi connectivity index (χ1) is 20.9. The zero-order chi connectivity index (χ0) is 30.2. The molecule has 4 aromatic carbocycles. The third-order valence-corrected chi connectivity index (χ3v) is 7.63. The van der Waals surface area contributed by atoms with E-state index in [1.54, 1.807) is 12.1 Å². The monoisotopic (exact) mass is 599 g/mol. The number of imidazole rings is 1. The molecule has 1 aromatic heterocycles. The first-order valence-corrected chi connectivity index (χ1v) is 15.0. The van der Waals surface area contributed by atoms with Gasteiger partial charge in [-0.2, -0.15) is 8.78 Å². The number of aryl methyl sites for hydroxylation is 1. The molecule has 0 bridgehead atoms. The Morgan fingerprint density at radius 3 is 2.21 bits per heavy atom. The zero-order valence-electron chi connectivity index (χ0n) is 24.5. The maximum atomic E-state index is 12.8. The van der Waals surface area contributed by atoms with Crippen LogP contribution in [0.3, 0.4) is 0 Å². The van der Waals surface area contributed by atoms with Crippen molar-refractivity contribution >= 4 is 11.6 Å². The maximum absolute atomic E-state index is 12.8. The quantitative estimate of drug-likeness (QED) is 0.135. The molecule has 222 valence electrons. The molecule has 0 amide bonds. The fraction of sp³-hybridized carbons (Fsp3) is 0.250. The minimum Gasteiger partial charge on any atom is -0.435 e. The van der Waals surface area contributed by atoms with E-state index in [1.165, 1.54) is 11.1 Å². The lowest BCUT2D eigenvalue weighted by Gasteiger charge is -2.25. The maximum Gasteiger partial charge on any atom is 0.387 e. The van der Waals surface area contributed by atoms with Gasteiger partial charge in [-0.25, -0.2) is 4.98 Å². The fourth-order valence-electron chi connectivity index (χ4n) is 5.33. The molecule has 0 N–H and O–H groups in total. The van der Waals surface area contributed by atoms with Crippen LogP contribution < -0.4 is 4.74 Å². The van der Waals surface area contributed by atoms with Crippen LogP contribution in [0.4, 0.5) is 8.78 Å². The summed E-state index contributed by atoms with van der Waals surface area (Å²) in [6, 6.07) is 33.6. The number of hydrogen-bond donors (Lipinski definition) is 0. The zero-order valence-corrected chi connectivity index (χ0v) is 25.3. The van der Waals surface area contributed by atoms with E-state index in [4.69, 9.17) is 16.6 Å². The Labute approximate surface area is 257 Å². The van der Waals surface area contributed by atoms with E-state index in [9.17, 15) is 8.78 Å². The summed E-state index contributed by atoms with van der Waals surface area (Å²) in [5.41, 5.74) is 7.54. The molecule has 5 rings (SSSR count). The molecule has 4 nitrogen and oxygen atoms in total. The smallest absolute Gasteiger partial charge is 0.387 e. The van der Waals surface area contributed by atoms with Gasteiger partial charge in [-0.05, 0) is 48.7 Å². The second kappa shape index (κ2) is 14.5. The van der Waals surface area contributed by atoms with Crippen LogP contribution in [-0.2, 0) is 26.2 Å². The topological polar surface area (TPSA) is 30.3 Å². The summed E-state index contributed by atoms with van der Waals surface area (Å²) < 4.78 is 32.5. The molecule has 0 aliphatic heterocycles. The van der Waals surface area contributed by atoms with Crippen molar-refractivity contribution in [3.05, 3.63) is 131 Å². The van der Waals surface area contributed by atoms with Crippen molar-refractivity contribution < 1.29 is 13.5 Å². The largest absolute Gasteiger partial charge is 0.435 e. The van der Waals surface area contributed by atoms with Crippen LogP contribution in [0.5, 0.6) is 5.75 Å². The summed E-state index contributed by atoms with van der Waals surface area (Å²) in [7, 11) is 0. The van der Waals surface area contributed by atoms with E-state index < -0.39 is 6.61 Å². The SMILES string of the molecule is CCCCn1c(-c2ccccc2)nc(-c2ccc(Cl)cc2)c1CN(Cc1ccc(OC(F)F)cc1)Cc1cccc(C)c1. The molecule has 0 radical (unpaired) electrons. The highest BCUT2D eigenvalue weighted by Gasteiger charge is 2.22. The predicted octanol–water partition coefficient (Wildman–Crippen LogP) is 9.78. The molecule has 43 heavy (non-hydrogen) atoms. The molecule has 0 aliphatic rings. The summed E-state index contributed by atoms with van der Waals surface area (Å²) in [6.07, 6.45) is 2.08. The summed E-state index contributed by atoms with van der Waals surface area (Å²) in [5.74, 6) is 1.09. The molecule has 1 heterocycles. The van der Waals surface area contributed by atoms with Crippen LogP contribution in [0.1, 0.15) is 42.1 Å². The number of alkyl halides is 2. The van der Waals surface area contributed by atoms with Crippen molar-refractivity contribution in [1.82, 2.24) is 14.5 Å². The van der Waals surface area contributed by atoms with Gasteiger partial charge in [0.15, 0.2) is 0 Å². The van der Waals surface area contributed by atoms with Gasteiger partial charge in [0.05, 0.1) is 11.4 Å². The lowest BCUT2D eigenvalue weighted by molar-refractivity contribution is -0.0498. The first-order valence-electron chi connectivity index (χ1n) is 14.6. The number of hydrogen-bond acceptors (Lipinski definition) is 3. The fourth-order valence-corrected chi connectivity index (χ4v) is 5.46. The highest BCUT2D eigenvalue weighted by atomic mass is 35.5. The van der Waals surface area contributed by atoms with Crippen LogP contribution in [0.25, 0.3) is 22.6 Å². The minimum atomic E-state index is -2.85. The van der Waals surface area contributed by atoms with Gasteiger partial charge in [0.2, 0.25) is 0 Å². The Kier molecular flexibility index (Phi) is 10.2. The van der Waals surface area contributed by atoms with E-state index in [0.717, 1.165) is 53.3 Å². The van der Waals surface area contributed by atoms with Gasteiger partial charge in [-0.1, -0.05) is 109 Å². The molecule has 5 aromatic rings. The van der Waals surface area contributed by atoms with Gasteiger partial charge < -0.3 is 9.30 Å².